The van der Waals surface area contributed by atoms with Crippen LogP contribution in [0, 0.1) is 10.1 Å². The summed E-state index contributed by atoms with van der Waals surface area (Å²) in [5, 5.41) is 17.8. The molecule has 10 nitrogen and oxygen atoms in total. The molecular formula is C16H17N5O5S. The Morgan fingerprint density at radius 3 is 3.00 bits per heavy atom. The average molecular weight is 391 g/mol. The van der Waals surface area contributed by atoms with Gasteiger partial charge in [-0.25, -0.2) is 0 Å². The number of nitro groups is 1. The van der Waals surface area contributed by atoms with E-state index in [2.05, 4.69) is 10.4 Å². The Labute approximate surface area is 159 Å². The lowest BCUT2D eigenvalue weighted by atomic mass is 10.3. The van der Waals surface area contributed by atoms with Crippen molar-refractivity contribution in [2.45, 2.75) is 13.0 Å². The van der Waals surface area contributed by atoms with Crippen LogP contribution in [0.4, 0.5) is 5.69 Å². The van der Waals surface area contributed by atoms with Crippen LogP contribution in [0.25, 0.3) is 6.08 Å². The summed E-state index contributed by atoms with van der Waals surface area (Å²) in [4.78, 5) is 24.1. The van der Waals surface area contributed by atoms with Gasteiger partial charge in [-0.2, -0.15) is 5.10 Å². The fourth-order valence-electron chi connectivity index (χ4n) is 2.53. The highest BCUT2D eigenvalue weighted by Crippen LogP contribution is 2.18. The van der Waals surface area contributed by atoms with Crippen molar-refractivity contribution >= 4 is 35.0 Å². The molecule has 0 atom stereocenters. The summed E-state index contributed by atoms with van der Waals surface area (Å²) in [6.07, 6.45) is 4.74. The largest absolute Gasteiger partial charge is 0.460 e. The van der Waals surface area contributed by atoms with Crippen molar-refractivity contribution in [2.24, 2.45) is 0 Å². The maximum Gasteiger partial charge on any atom is 0.307 e. The Morgan fingerprint density at radius 2 is 2.30 bits per heavy atom. The third kappa shape index (κ3) is 4.38. The van der Waals surface area contributed by atoms with Crippen molar-refractivity contribution < 1.29 is 18.9 Å². The van der Waals surface area contributed by atoms with Crippen LogP contribution in [0.5, 0.6) is 0 Å². The Balaban J connectivity index is 1.66. The number of rotatable bonds is 8. The maximum atomic E-state index is 12.4. The summed E-state index contributed by atoms with van der Waals surface area (Å²) >= 11 is 5.19. The molecule has 1 amide bonds. The molecule has 3 rings (SSSR count). The van der Waals surface area contributed by atoms with Gasteiger partial charge >= 0.3 is 5.69 Å². The summed E-state index contributed by atoms with van der Waals surface area (Å²) in [6.45, 7) is 1.25. The molecule has 1 N–H and O–H groups in total. The molecule has 2 aromatic heterocycles. The second-order valence-corrected chi connectivity index (χ2v) is 6.14. The van der Waals surface area contributed by atoms with E-state index in [-0.39, 0.29) is 18.1 Å². The van der Waals surface area contributed by atoms with Crippen molar-refractivity contribution in [3.63, 3.8) is 0 Å². The lowest BCUT2D eigenvalue weighted by Crippen LogP contribution is -2.32. The second-order valence-electron chi connectivity index (χ2n) is 5.75. The van der Waals surface area contributed by atoms with E-state index in [1.807, 2.05) is 0 Å². The van der Waals surface area contributed by atoms with E-state index in [0.717, 1.165) is 0 Å². The fourth-order valence-corrected chi connectivity index (χ4v) is 2.82. The molecule has 1 saturated heterocycles. The van der Waals surface area contributed by atoms with E-state index in [0.29, 0.717) is 41.9 Å². The Morgan fingerprint density at radius 1 is 1.48 bits per heavy atom. The zero-order chi connectivity index (χ0) is 19.4. The molecule has 27 heavy (non-hydrogen) atoms. The first-order valence-corrected chi connectivity index (χ1v) is 8.48. The number of hydrogen-bond donors (Lipinski definition) is 1. The summed E-state index contributed by atoms with van der Waals surface area (Å²) < 4.78 is 12.0. The van der Waals surface area contributed by atoms with E-state index in [1.54, 1.807) is 25.3 Å². The number of methoxy groups -OCH3 is 1. The maximum absolute atomic E-state index is 12.4. The Bertz CT molecular complexity index is 903. The van der Waals surface area contributed by atoms with Gasteiger partial charge in [-0.3, -0.25) is 24.5 Å². The van der Waals surface area contributed by atoms with Crippen molar-refractivity contribution in [2.75, 3.05) is 20.3 Å². The zero-order valence-electron chi connectivity index (χ0n) is 14.5. The van der Waals surface area contributed by atoms with Crippen molar-refractivity contribution in [3.05, 3.63) is 51.9 Å². The van der Waals surface area contributed by atoms with Crippen LogP contribution in [0.3, 0.4) is 0 Å². The Hall–Kier alpha value is -3.05. The van der Waals surface area contributed by atoms with Crippen LogP contribution >= 0.6 is 12.2 Å². The molecule has 0 radical (unpaired) electrons. The second kappa shape index (κ2) is 8.10. The summed E-state index contributed by atoms with van der Waals surface area (Å²) in [5.41, 5.74) is 0.236. The number of hydrogen-bond acceptors (Lipinski definition) is 7. The van der Waals surface area contributed by atoms with Gasteiger partial charge in [0.1, 0.15) is 29.6 Å². The van der Waals surface area contributed by atoms with Gasteiger partial charge in [-0.1, -0.05) is 0 Å². The third-order valence-corrected chi connectivity index (χ3v) is 4.13. The lowest BCUT2D eigenvalue weighted by Gasteiger charge is -2.12. The van der Waals surface area contributed by atoms with Crippen molar-refractivity contribution in [1.82, 2.24) is 20.0 Å². The molecule has 142 valence electrons. The third-order valence-electron chi connectivity index (χ3n) is 3.81. The molecule has 0 spiro atoms. The smallest absolute Gasteiger partial charge is 0.307 e. The molecule has 1 aliphatic heterocycles. The Kier molecular flexibility index (Phi) is 5.62. The number of carbonyl (C=O) groups is 1. The van der Waals surface area contributed by atoms with Gasteiger partial charge in [0, 0.05) is 26.3 Å². The first-order chi connectivity index (χ1) is 13.0. The van der Waals surface area contributed by atoms with Crippen molar-refractivity contribution in [3.8, 4) is 0 Å². The topological polar surface area (TPSA) is 116 Å². The number of nitrogens with zero attached hydrogens (tertiary/aromatic N) is 4. The van der Waals surface area contributed by atoms with Crippen LogP contribution in [0.1, 0.15) is 17.9 Å². The number of furan rings is 1. The van der Waals surface area contributed by atoms with Gasteiger partial charge in [0.15, 0.2) is 5.11 Å². The molecule has 2 aromatic rings. The number of aromatic nitrogens is 2. The molecular weight excluding hydrogens is 374 g/mol. The number of nitrogens with one attached hydrogen (secondary N) is 1. The van der Waals surface area contributed by atoms with Gasteiger partial charge < -0.3 is 14.5 Å². The molecule has 0 aliphatic carbocycles. The molecule has 0 aromatic carbocycles. The number of amides is 1. The predicted octanol–water partition coefficient (Wildman–Crippen LogP) is 1.53. The molecule has 1 fully saturated rings. The highest BCUT2D eigenvalue weighted by molar-refractivity contribution is 7.80. The number of carbonyl (C=O) groups excluding carboxylic acids is 1. The highest BCUT2D eigenvalue weighted by Gasteiger charge is 2.30. The monoisotopic (exact) mass is 391 g/mol. The van der Waals surface area contributed by atoms with Gasteiger partial charge in [0.2, 0.25) is 0 Å². The minimum absolute atomic E-state index is 0.0910. The first-order valence-electron chi connectivity index (χ1n) is 8.07. The van der Waals surface area contributed by atoms with Crippen LogP contribution in [0.2, 0.25) is 0 Å². The molecule has 3 heterocycles. The van der Waals surface area contributed by atoms with Crippen LogP contribution in [-0.2, 0) is 16.1 Å². The summed E-state index contributed by atoms with van der Waals surface area (Å²) in [6, 6.07) is 3.42. The van der Waals surface area contributed by atoms with Crippen molar-refractivity contribution in [1.29, 1.82) is 0 Å². The van der Waals surface area contributed by atoms with Crippen LogP contribution in [0.15, 0.2) is 34.6 Å². The van der Waals surface area contributed by atoms with E-state index in [4.69, 9.17) is 21.4 Å². The van der Waals surface area contributed by atoms with Crippen LogP contribution in [-0.4, -0.2) is 50.9 Å². The van der Waals surface area contributed by atoms with Crippen LogP contribution < -0.4 is 5.32 Å². The SMILES string of the molecule is COCCCN1C(=O)/C(=C\c2ccc(Cn3cc([N+](=O)[O-])cn3)o2)NC1=S. The quantitative estimate of drug-likeness (QED) is 0.237. The molecule has 0 unspecified atom stereocenters. The van der Waals surface area contributed by atoms with Gasteiger partial charge in [-0.15, -0.1) is 0 Å². The normalized spacial score (nSPS) is 15.6. The zero-order valence-corrected chi connectivity index (χ0v) is 15.3. The standard InChI is InChI=1S/C16H17N5O5S/c1-25-6-2-5-20-15(22)14(18-16(20)27)7-12-3-4-13(26-12)10-19-9-11(8-17-19)21(23)24/h3-4,7-9H,2,5-6,10H2,1H3,(H,18,27)/b14-7+. The fraction of sp³-hybridized carbons (Fsp3) is 0.312. The van der Waals surface area contributed by atoms with E-state index in [1.165, 1.54) is 22.0 Å². The lowest BCUT2D eigenvalue weighted by molar-refractivity contribution is -0.385. The molecule has 1 aliphatic rings. The summed E-state index contributed by atoms with van der Waals surface area (Å²) in [7, 11) is 1.60. The molecule has 0 bridgehead atoms. The first kappa shape index (κ1) is 18.7. The minimum Gasteiger partial charge on any atom is -0.460 e. The number of ether oxygens (including phenoxy) is 1. The van der Waals surface area contributed by atoms with Gasteiger partial charge in [0.05, 0.1) is 11.5 Å². The van der Waals surface area contributed by atoms with Gasteiger partial charge in [-0.05, 0) is 30.8 Å². The van der Waals surface area contributed by atoms with E-state index in [9.17, 15) is 14.9 Å². The predicted molar refractivity (Wildman–Crippen MR) is 98.6 cm³/mol. The summed E-state index contributed by atoms with van der Waals surface area (Å²) in [5.74, 6) is 0.783. The van der Waals surface area contributed by atoms with Gasteiger partial charge in [0.25, 0.3) is 5.91 Å². The van der Waals surface area contributed by atoms with E-state index < -0.39 is 4.92 Å². The number of thiocarbonyl (C=S) groups is 1. The average Bonchev–Trinajstić information content (AvgIpc) is 3.32. The molecule has 0 saturated carbocycles. The molecule has 11 heteroatoms. The minimum atomic E-state index is -0.514. The highest BCUT2D eigenvalue weighted by atomic mass is 32.1. The van der Waals surface area contributed by atoms with E-state index >= 15 is 0 Å².